The van der Waals surface area contributed by atoms with Crippen LogP contribution in [0.25, 0.3) is 5.57 Å². The second-order valence-electron chi connectivity index (χ2n) is 8.49. The molecule has 3 heterocycles. The summed E-state index contributed by atoms with van der Waals surface area (Å²) in [5.74, 6) is 6.80. The molecule has 0 spiro atoms. The first-order valence-corrected chi connectivity index (χ1v) is 10.1. The average Bonchev–Trinajstić information content (AvgIpc) is 3.08. The molecule has 1 aromatic rings. The fourth-order valence-electron chi connectivity index (χ4n) is 3.43. The van der Waals surface area contributed by atoms with Gasteiger partial charge in [-0.3, -0.25) is 9.69 Å². The minimum atomic E-state index is -0.521. The molecule has 0 bridgehead atoms. The van der Waals surface area contributed by atoms with Crippen molar-refractivity contribution in [2.75, 3.05) is 13.1 Å². The normalized spacial score (nSPS) is 22.2. The maximum atomic E-state index is 12.5. The highest BCUT2D eigenvalue weighted by Crippen LogP contribution is 2.30. The van der Waals surface area contributed by atoms with Gasteiger partial charge in [-0.15, -0.1) is 0 Å². The fourth-order valence-corrected chi connectivity index (χ4v) is 3.62. The maximum absolute atomic E-state index is 12.5. The second kappa shape index (κ2) is 8.20. The number of amides is 1. The molecule has 1 fully saturated rings. The summed E-state index contributed by atoms with van der Waals surface area (Å²) in [6, 6.07) is 0. The van der Waals surface area contributed by atoms with E-state index in [4.69, 9.17) is 27.2 Å². The molecule has 2 aliphatic rings. The average molecular weight is 421 g/mol. The monoisotopic (exact) mass is 420 g/mol. The van der Waals surface area contributed by atoms with Crippen molar-refractivity contribution in [2.45, 2.75) is 46.1 Å². The first-order chi connectivity index (χ1) is 13.5. The quantitative estimate of drug-likeness (QED) is 0.584. The van der Waals surface area contributed by atoms with Gasteiger partial charge in [0.05, 0.1) is 11.9 Å². The van der Waals surface area contributed by atoms with E-state index in [1.54, 1.807) is 21.9 Å². The van der Waals surface area contributed by atoms with E-state index in [-0.39, 0.29) is 12.0 Å². The molecule has 1 amide bonds. The Kier molecular flexibility index (Phi) is 6.05. The Bertz CT molecular complexity index is 880. The predicted octanol–water partition coefficient (Wildman–Crippen LogP) is 3.47. The van der Waals surface area contributed by atoms with Crippen LogP contribution in [0.15, 0.2) is 34.4 Å². The molecule has 0 radical (unpaired) electrons. The third kappa shape index (κ3) is 5.00. The number of piperidine rings is 1. The minimum Gasteiger partial charge on any atom is -0.444 e. The summed E-state index contributed by atoms with van der Waals surface area (Å²) in [4.78, 5) is 19.1. The van der Waals surface area contributed by atoms with Crippen LogP contribution in [0.2, 0.25) is 0 Å². The third-order valence-electron chi connectivity index (χ3n) is 4.92. The molecule has 1 saturated heterocycles. The first kappa shape index (κ1) is 21.4. The lowest BCUT2D eigenvalue weighted by atomic mass is 9.92. The molecular weight excluding hydrogens is 392 g/mol. The minimum absolute atomic E-state index is 0.0652. The van der Waals surface area contributed by atoms with Gasteiger partial charge in [0, 0.05) is 43.4 Å². The summed E-state index contributed by atoms with van der Waals surface area (Å²) in [6.45, 7) is 8.77. The standard InChI is InChI=1S/C20H29ClN6O2/c1-13(15-10-23-25(5)11-15)18-24-16(9-17(21)27(18)22)14-7-6-8-26(12-14)19(28)29-20(2,3)4/h9-11,14H,6-8,12,22H2,1-5H3/b18-13+. The number of hydrogen-bond donors (Lipinski definition) is 1. The highest BCUT2D eigenvalue weighted by molar-refractivity contribution is 6.31. The van der Waals surface area contributed by atoms with Crippen LogP contribution in [0.1, 0.15) is 46.1 Å². The number of aliphatic imine (C=N–C) groups is 1. The van der Waals surface area contributed by atoms with E-state index in [9.17, 15) is 4.79 Å². The lowest BCUT2D eigenvalue weighted by Crippen LogP contribution is -2.45. The Labute approximate surface area is 176 Å². The highest BCUT2D eigenvalue weighted by Gasteiger charge is 2.31. The maximum Gasteiger partial charge on any atom is 0.410 e. The number of nitrogens with two attached hydrogens (primary N) is 1. The van der Waals surface area contributed by atoms with Gasteiger partial charge >= 0.3 is 6.09 Å². The van der Waals surface area contributed by atoms with Crippen LogP contribution >= 0.6 is 11.6 Å². The van der Waals surface area contributed by atoms with Crippen molar-refractivity contribution in [3.63, 3.8) is 0 Å². The molecule has 2 aliphatic heterocycles. The van der Waals surface area contributed by atoms with Gasteiger partial charge < -0.3 is 9.64 Å². The van der Waals surface area contributed by atoms with E-state index in [1.165, 1.54) is 5.01 Å². The number of rotatable bonds is 2. The molecule has 9 heteroatoms. The molecule has 0 saturated carbocycles. The van der Waals surface area contributed by atoms with E-state index in [1.807, 2.05) is 40.9 Å². The number of halogens is 1. The van der Waals surface area contributed by atoms with Crippen molar-refractivity contribution in [1.29, 1.82) is 0 Å². The summed E-state index contributed by atoms with van der Waals surface area (Å²) in [7, 11) is 1.86. The van der Waals surface area contributed by atoms with Crippen molar-refractivity contribution in [3.8, 4) is 0 Å². The lowest BCUT2D eigenvalue weighted by Gasteiger charge is -2.35. The molecule has 0 aliphatic carbocycles. The van der Waals surface area contributed by atoms with E-state index in [0.29, 0.717) is 24.1 Å². The molecule has 0 aromatic carbocycles. The van der Waals surface area contributed by atoms with Gasteiger partial charge in [-0.05, 0) is 46.6 Å². The Hall–Kier alpha value is -2.32. The molecule has 29 heavy (non-hydrogen) atoms. The van der Waals surface area contributed by atoms with Crippen LogP contribution in [0.5, 0.6) is 0 Å². The van der Waals surface area contributed by atoms with Gasteiger partial charge in [0.1, 0.15) is 10.8 Å². The van der Waals surface area contributed by atoms with E-state index >= 15 is 0 Å². The van der Waals surface area contributed by atoms with Gasteiger partial charge in [0.15, 0.2) is 5.82 Å². The molecule has 3 rings (SSSR count). The van der Waals surface area contributed by atoms with Crippen molar-refractivity contribution in [3.05, 3.63) is 35.0 Å². The Morgan fingerprint density at radius 1 is 1.38 bits per heavy atom. The summed E-state index contributed by atoms with van der Waals surface area (Å²) >= 11 is 6.42. The van der Waals surface area contributed by atoms with Crippen LogP contribution in [0.3, 0.4) is 0 Å². The van der Waals surface area contributed by atoms with E-state index in [2.05, 4.69) is 5.10 Å². The van der Waals surface area contributed by atoms with Crippen LogP contribution in [0, 0.1) is 5.92 Å². The van der Waals surface area contributed by atoms with Gasteiger partial charge in [0.2, 0.25) is 0 Å². The summed E-state index contributed by atoms with van der Waals surface area (Å²) in [6.07, 6.45) is 6.95. The lowest BCUT2D eigenvalue weighted by molar-refractivity contribution is 0.0194. The van der Waals surface area contributed by atoms with Crippen molar-refractivity contribution in [2.24, 2.45) is 23.8 Å². The Balaban J connectivity index is 1.86. The second-order valence-corrected chi connectivity index (χ2v) is 8.88. The summed E-state index contributed by atoms with van der Waals surface area (Å²) < 4.78 is 7.26. The zero-order valence-electron chi connectivity index (χ0n) is 17.6. The Morgan fingerprint density at radius 2 is 2.10 bits per heavy atom. The number of carbonyl (C=O) groups is 1. The number of nitrogens with zero attached hydrogens (tertiary/aromatic N) is 5. The molecule has 1 atom stereocenters. The SMILES string of the molecule is C/C(=C1/N=C(C2CCCN(C(=O)OC(C)(C)C)C2)C=C(Cl)N1N)c1cnn(C)c1. The largest absolute Gasteiger partial charge is 0.444 e. The molecule has 1 unspecified atom stereocenters. The van der Waals surface area contributed by atoms with Crippen LogP contribution < -0.4 is 5.84 Å². The number of aryl methyl sites for hydroxylation is 1. The zero-order chi connectivity index (χ0) is 21.3. The number of hydrogen-bond acceptors (Lipinski definition) is 6. The van der Waals surface area contributed by atoms with Crippen molar-refractivity contribution < 1.29 is 9.53 Å². The van der Waals surface area contributed by atoms with Gasteiger partial charge in [-0.1, -0.05) is 11.6 Å². The number of carbonyl (C=O) groups excluding carboxylic acids is 1. The topological polar surface area (TPSA) is 89.0 Å². The molecule has 158 valence electrons. The third-order valence-corrected chi connectivity index (χ3v) is 5.22. The number of allylic oxidation sites excluding steroid dienone is 2. The fraction of sp³-hybridized carbons (Fsp3) is 0.550. The van der Waals surface area contributed by atoms with E-state index < -0.39 is 5.60 Å². The van der Waals surface area contributed by atoms with Crippen LogP contribution in [-0.4, -0.2) is 50.2 Å². The number of ether oxygens (including phenoxy) is 1. The number of likely N-dealkylation sites (tertiary alicyclic amines) is 1. The van der Waals surface area contributed by atoms with Gasteiger partial charge in [-0.2, -0.15) is 5.10 Å². The van der Waals surface area contributed by atoms with Gasteiger partial charge in [0.25, 0.3) is 0 Å². The molecule has 8 nitrogen and oxygen atoms in total. The Morgan fingerprint density at radius 3 is 2.72 bits per heavy atom. The van der Waals surface area contributed by atoms with Crippen molar-refractivity contribution >= 4 is 29.0 Å². The first-order valence-electron chi connectivity index (χ1n) is 9.73. The van der Waals surface area contributed by atoms with E-state index in [0.717, 1.165) is 29.7 Å². The molecular formula is C20H29ClN6O2. The predicted molar refractivity (Wildman–Crippen MR) is 114 cm³/mol. The van der Waals surface area contributed by atoms with Gasteiger partial charge in [-0.25, -0.2) is 15.6 Å². The molecule has 2 N–H and O–H groups in total. The van der Waals surface area contributed by atoms with Crippen LogP contribution in [-0.2, 0) is 11.8 Å². The zero-order valence-corrected chi connectivity index (χ0v) is 18.4. The van der Waals surface area contributed by atoms with Crippen molar-refractivity contribution in [1.82, 2.24) is 19.7 Å². The number of aromatic nitrogens is 2. The summed E-state index contributed by atoms with van der Waals surface area (Å²) in [5, 5.41) is 5.98. The highest BCUT2D eigenvalue weighted by atomic mass is 35.5. The smallest absolute Gasteiger partial charge is 0.410 e. The molecule has 1 aromatic heterocycles. The number of hydrazine groups is 1. The van der Waals surface area contributed by atoms with Crippen LogP contribution in [0.4, 0.5) is 4.79 Å². The summed E-state index contributed by atoms with van der Waals surface area (Å²) in [5.41, 5.74) is 2.10.